The molecule has 0 atom stereocenters. The highest BCUT2D eigenvalue weighted by Gasteiger charge is 2.28. The summed E-state index contributed by atoms with van der Waals surface area (Å²) in [5.41, 5.74) is 1.87. The number of amides is 3. The second-order valence-electron chi connectivity index (χ2n) is 6.28. The van der Waals surface area contributed by atoms with Crippen LogP contribution < -0.4 is 5.32 Å². The molecule has 3 amide bonds. The number of carbonyl (C=O) groups excluding carboxylic acids is 3. The molecule has 1 fully saturated rings. The predicted octanol–water partition coefficient (Wildman–Crippen LogP) is 2.80. The van der Waals surface area contributed by atoms with Gasteiger partial charge in [-0.25, -0.2) is 0 Å². The molecule has 0 spiro atoms. The number of hydrogen-bond acceptors (Lipinski definition) is 5. The van der Waals surface area contributed by atoms with Gasteiger partial charge in [0.2, 0.25) is 11.8 Å². The van der Waals surface area contributed by atoms with Crippen LogP contribution in [0.15, 0.2) is 42.5 Å². The van der Waals surface area contributed by atoms with Crippen molar-refractivity contribution in [1.29, 1.82) is 0 Å². The molecule has 138 valence electrons. The average molecular weight is 367 g/mol. The number of nitrogens with zero attached hydrogens (tertiary/aromatic N) is 2. The highest BCUT2D eigenvalue weighted by molar-refractivity contribution is 6.04. The maximum atomic E-state index is 12.3. The maximum absolute atomic E-state index is 12.3. The van der Waals surface area contributed by atoms with Crippen LogP contribution in [0.4, 0.5) is 11.4 Å². The van der Waals surface area contributed by atoms with Crippen molar-refractivity contribution >= 4 is 29.1 Å². The van der Waals surface area contributed by atoms with Gasteiger partial charge in [0.05, 0.1) is 11.5 Å². The van der Waals surface area contributed by atoms with Crippen LogP contribution in [0, 0.1) is 17.0 Å². The summed E-state index contributed by atoms with van der Waals surface area (Å²) >= 11 is 0. The lowest BCUT2D eigenvalue weighted by atomic mass is 10.1. The van der Waals surface area contributed by atoms with Crippen LogP contribution in [-0.2, 0) is 16.1 Å². The fourth-order valence-electron chi connectivity index (χ4n) is 2.83. The Morgan fingerprint density at radius 2 is 1.74 bits per heavy atom. The van der Waals surface area contributed by atoms with Gasteiger partial charge in [-0.15, -0.1) is 0 Å². The van der Waals surface area contributed by atoms with Crippen molar-refractivity contribution < 1.29 is 19.3 Å². The van der Waals surface area contributed by atoms with Crippen molar-refractivity contribution in [2.75, 3.05) is 5.32 Å². The molecule has 0 saturated carbocycles. The van der Waals surface area contributed by atoms with Crippen molar-refractivity contribution in [2.45, 2.75) is 26.3 Å². The van der Waals surface area contributed by atoms with Crippen molar-refractivity contribution in [3.8, 4) is 0 Å². The van der Waals surface area contributed by atoms with E-state index in [1.807, 2.05) is 0 Å². The van der Waals surface area contributed by atoms with E-state index in [1.165, 1.54) is 11.0 Å². The van der Waals surface area contributed by atoms with Gasteiger partial charge >= 0.3 is 0 Å². The third-order valence-corrected chi connectivity index (χ3v) is 4.38. The van der Waals surface area contributed by atoms with Gasteiger partial charge < -0.3 is 5.32 Å². The Kier molecular flexibility index (Phi) is 4.98. The van der Waals surface area contributed by atoms with Crippen molar-refractivity contribution in [1.82, 2.24) is 4.90 Å². The van der Waals surface area contributed by atoms with Gasteiger partial charge in [0.25, 0.3) is 11.6 Å². The van der Waals surface area contributed by atoms with Crippen LogP contribution in [0.1, 0.15) is 34.3 Å². The Hall–Kier alpha value is -3.55. The number of nitro groups is 1. The Bertz CT molecular complexity index is 921. The van der Waals surface area contributed by atoms with E-state index in [0.717, 1.165) is 5.56 Å². The molecule has 1 aliphatic rings. The summed E-state index contributed by atoms with van der Waals surface area (Å²) in [6.45, 7) is 1.81. The minimum absolute atomic E-state index is 0.0666. The van der Waals surface area contributed by atoms with Gasteiger partial charge in [0, 0.05) is 35.7 Å². The Balaban J connectivity index is 1.69. The molecule has 27 heavy (non-hydrogen) atoms. The van der Waals surface area contributed by atoms with E-state index >= 15 is 0 Å². The lowest BCUT2D eigenvalue weighted by molar-refractivity contribution is -0.385. The minimum atomic E-state index is -0.499. The molecular formula is C19H17N3O5. The summed E-state index contributed by atoms with van der Waals surface area (Å²) in [5, 5.41) is 13.6. The van der Waals surface area contributed by atoms with E-state index in [1.54, 1.807) is 43.3 Å². The summed E-state index contributed by atoms with van der Waals surface area (Å²) < 4.78 is 0. The molecule has 3 rings (SSSR count). The van der Waals surface area contributed by atoms with Crippen LogP contribution in [0.5, 0.6) is 0 Å². The molecule has 1 saturated heterocycles. The SMILES string of the molecule is Cc1ccc(NC(=O)c2ccc(CN3C(=O)CCC3=O)cc2)cc1[N+](=O)[O-]. The molecular weight excluding hydrogens is 350 g/mol. The van der Waals surface area contributed by atoms with E-state index in [2.05, 4.69) is 5.32 Å². The largest absolute Gasteiger partial charge is 0.322 e. The number of anilines is 1. The summed E-state index contributed by atoms with van der Waals surface area (Å²) in [6.07, 6.45) is 0.476. The molecule has 2 aromatic carbocycles. The number of aryl methyl sites for hydroxylation is 1. The van der Waals surface area contributed by atoms with E-state index in [4.69, 9.17) is 0 Å². The van der Waals surface area contributed by atoms with Gasteiger partial charge in [-0.1, -0.05) is 18.2 Å². The normalized spacial score (nSPS) is 13.7. The number of hydrogen-bond donors (Lipinski definition) is 1. The topological polar surface area (TPSA) is 110 Å². The number of rotatable bonds is 5. The molecule has 0 radical (unpaired) electrons. The lowest BCUT2D eigenvalue weighted by Gasteiger charge is -2.14. The van der Waals surface area contributed by atoms with Crippen LogP contribution in [0.25, 0.3) is 0 Å². The highest BCUT2D eigenvalue weighted by Crippen LogP contribution is 2.23. The molecule has 0 aromatic heterocycles. The van der Waals surface area contributed by atoms with Crippen molar-refractivity contribution in [3.63, 3.8) is 0 Å². The zero-order valence-corrected chi connectivity index (χ0v) is 14.6. The Morgan fingerprint density at radius 1 is 1.11 bits per heavy atom. The van der Waals surface area contributed by atoms with Crippen LogP contribution in [-0.4, -0.2) is 27.5 Å². The van der Waals surface area contributed by atoms with E-state index < -0.39 is 10.8 Å². The van der Waals surface area contributed by atoms with Gasteiger partial charge in [0.15, 0.2) is 0 Å². The molecule has 1 aliphatic heterocycles. The van der Waals surface area contributed by atoms with Crippen LogP contribution >= 0.6 is 0 Å². The molecule has 8 nitrogen and oxygen atoms in total. The second kappa shape index (κ2) is 7.36. The van der Waals surface area contributed by atoms with Gasteiger partial charge in [-0.2, -0.15) is 0 Å². The first-order valence-corrected chi connectivity index (χ1v) is 8.33. The number of nitro benzene ring substituents is 1. The average Bonchev–Trinajstić information content (AvgIpc) is 2.95. The Labute approximate surface area is 154 Å². The first-order chi connectivity index (χ1) is 12.8. The van der Waals surface area contributed by atoms with Gasteiger partial charge in [-0.3, -0.25) is 29.4 Å². The number of benzene rings is 2. The fourth-order valence-corrected chi connectivity index (χ4v) is 2.83. The maximum Gasteiger partial charge on any atom is 0.274 e. The van der Waals surface area contributed by atoms with E-state index in [9.17, 15) is 24.5 Å². The number of nitrogens with one attached hydrogen (secondary N) is 1. The standard InChI is InChI=1S/C19H17N3O5/c1-12-2-7-15(10-16(12)22(26)27)20-19(25)14-5-3-13(4-6-14)11-21-17(23)8-9-18(21)24/h2-7,10H,8-9,11H2,1H3,(H,20,25). The summed E-state index contributed by atoms with van der Waals surface area (Å²) in [5.74, 6) is -0.793. The third kappa shape index (κ3) is 4.00. The molecule has 1 heterocycles. The van der Waals surface area contributed by atoms with Gasteiger partial charge in [0.1, 0.15) is 0 Å². The smallest absolute Gasteiger partial charge is 0.274 e. The molecule has 2 aromatic rings. The number of likely N-dealkylation sites (tertiary alicyclic amines) is 1. The van der Waals surface area contributed by atoms with E-state index in [-0.39, 0.29) is 36.9 Å². The first-order valence-electron chi connectivity index (χ1n) is 8.33. The second-order valence-corrected chi connectivity index (χ2v) is 6.28. The molecule has 0 aliphatic carbocycles. The highest BCUT2D eigenvalue weighted by atomic mass is 16.6. The van der Waals surface area contributed by atoms with Gasteiger partial charge in [-0.05, 0) is 30.7 Å². The Morgan fingerprint density at radius 3 is 2.33 bits per heavy atom. The summed E-state index contributed by atoms with van der Waals surface area (Å²) in [6, 6.07) is 11.0. The number of imide groups is 1. The predicted molar refractivity (Wildman–Crippen MR) is 97.0 cm³/mol. The molecule has 0 unspecified atom stereocenters. The first kappa shape index (κ1) is 18.2. The van der Waals surface area contributed by atoms with Crippen molar-refractivity contribution in [2.24, 2.45) is 0 Å². The zero-order chi connectivity index (χ0) is 19.6. The van der Waals surface area contributed by atoms with E-state index in [0.29, 0.717) is 16.8 Å². The quantitative estimate of drug-likeness (QED) is 0.496. The summed E-state index contributed by atoms with van der Waals surface area (Å²) in [4.78, 5) is 47.4. The minimum Gasteiger partial charge on any atom is -0.322 e. The zero-order valence-electron chi connectivity index (χ0n) is 14.6. The number of carbonyl (C=O) groups is 3. The van der Waals surface area contributed by atoms with Crippen molar-refractivity contribution in [3.05, 3.63) is 69.3 Å². The molecule has 1 N–H and O–H groups in total. The monoisotopic (exact) mass is 367 g/mol. The molecule has 8 heteroatoms. The third-order valence-electron chi connectivity index (χ3n) is 4.38. The lowest BCUT2D eigenvalue weighted by Crippen LogP contribution is -2.28. The van der Waals surface area contributed by atoms with Crippen LogP contribution in [0.2, 0.25) is 0 Å². The molecule has 0 bridgehead atoms. The summed E-state index contributed by atoms with van der Waals surface area (Å²) in [7, 11) is 0. The van der Waals surface area contributed by atoms with Crippen LogP contribution in [0.3, 0.4) is 0 Å². The fraction of sp³-hybridized carbons (Fsp3) is 0.211.